The molecule has 2 unspecified atom stereocenters. The van der Waals surface area contributed by atoms with Crippen LogP contribution in [0.15, 0.2) is 11.1 Å². The average molecular weight is 232 g/mol. The van der Waals surface area contributed by atoms with Crippen LogP contribution < -0.4 is 0 Å². The zero-order valence-corrected chi connectivity index (χ0v) is 10.3. The number of Topliss-reactive ketones (excluding diaryl/α,β-unsaturated/α-hetero) is 2. The maximum Gasteiger partial charge on any atom is 0.137 e. The molecule has 92 valence electrons. The maximum atomic E-state index is 11.4. The van der Waals surface area contributed by atoms with E-state index in [1.54, 1.807) is 5.57 Å². The number of ketones is 2. The zero-order chi connectivity index (χ0) is 11.8. The number of rotatable bonds is 1. The summed E-state index contributed by atoms with van der Waals surface area (Å²) in [5.74, 6) is 2.27. The van der Waals surface area contributed by atoms with Gasteiger partial charge in [-0.05, 0) is 43.9 Å². The molecule has 3 aliphatic rings. The van der Waals surface area contributed by atoms with Gasteiger partial charge < -0.3 is 0 Å². The summed E-state index contributed by atoms with van der Waals surface area (Å²) >= 11 is 0. The highest BCUT2D eigenvalue weighted by molar-refractivity contribution is 5.83. The van der Waals surface area contributed by atoms with Crippen molar-refractivity contribution >= 4 is 11.6 Å². The van der Waals surface area contributed by atoms with Gasteiger partial charge in [0.05, 0.1) is 0 Å². The Balaban J connectivity index is 1.69. The Morgan fingerprint density at radius 2 is 1.47 bits per heavy atom. The van der Waals surface area contributed by atoms with Crippen molar-refractivity contribution < 1.29 is 9.59 Å². The van der Waals surface area contributed by atoms with E-state index in [-0.39, 0.29) is 0 Å². The fourth-order valence-electron chi connectivity index (χ4n) is 3.86. The van der Waals surface area contributed by atoms with Crippen LogP contribution in [0.3, 0.4) is 0 Å². The number of hydrogen-bond donors (Lipinski definition) is 0. The molecule has 2 atom stereocenters. The second kappa shape index (κ2) is 4.40. The number of hydrogen-bond acceptors (Lipinski definition) is 2. The van der Waals surface area contributed by atoms with Gasteiger partial charge in [-0.15, -0.1) is 0 Å². The molecule has 0 aliphatic heterocycles. The Hall–Kier alpha value is -0.920. The minimum atomic E-state index is 0.429. The molecule has 3 aliphatic carbocycles. The van der Waals surface area contributed by atoms with Gasteiger partial charge >= 0.3 is 0 Å². The highest BCUT2D eigenvalue weighted by Gasteiger charge is 2.33. The van der Waals surface area contributed by atoms with Crippen molar-refractivity contribution in [3.8, 4) is 0 Å². The molecular weight excluding hydrogens is 212 g/mol. The number of carbonyl (C=O) groups excluding carboxylic acids is 2. The molecule has 0 aromatic carbocycles. The molecule has 0 heterocycles. The average Bonchev–Trinajstić information content (AvgIpc) is 2.75. The van der Waals surface area contributed by atoms with Crippen LogP contribution in [0.25, 0.3) is 0 Å². The molecule has 2 nitrogen and oxygen atoms in total. The summed E-state index contributed by atoms with van der Waals surface area (Å²) in [7, 11) is 0. The molecule has 3 rings (SSSR count). The summed E-state index contributed by atoms with van der Waals surface area (Å²) in [6.07, 6.45) is 8.76. The maximum absolute atomic E-state index is 11.4. The Bertz CT molecular complexity index is 392. The molecule has 0 aromatic heterocycles. The predicted molar refractivity (Wildman–Crippen MR) is 65.6 cm³/mol. The lowest BCUT2D eigenvalue weighted by atomic mass is 9.72. The number of carbonyl (C=O) groups is 2. The van der Waals surface area contributed by atoms with Gasteiger partial charge in [0.2, 0.25) is 0 Å². The molecule has 17 heavy (non-hydrogen) atoms. The molecule has 0 saturated heterocycles. The van der Waals surface area contributed by atoms with E-state index < -0.39 is 0 Å². The van der Waals surface area contributed by atoms with E-state index in [9.17, 15) is 9.59 Å². The molecule has 1 fully saturated rings. The third-order valence-corrected chi connectivity index (χ3v) is 4.89. The summed E-state index contributed by atoms with van der Waals surface area (Å²) in [5, 5.41) is 0. The second-order valence-electron chi connectivity index (χ2n) is 5.97. The summed E-state index contributed by atoms with van der Waals surface area (Å²) < 4.78 is 0. The summed E-state index contributed by atoms with van der Waals surface area (Å²) in [6, 6.07) is 0. The Morgan fingerprint density at radius 3 is 2.24 bits per heavy atom. The van der Waals surface area contributed by atoms with Gasteiger partial charge in [0.25, 0.3) is 0 Å². The first kappa shape index (κ1) is 11.2. The van der Waals surface area contributed by atoms with Gasteiger partial charge in [0, 0.05) is 25.7 Å². The third-order valence-electron chi connectivity index (χ3n) is 4.89. The van der Waals surface area contributed by atoms with Gasteiger partial charge in [0.15, 0.2) is 0 Å². The van der Waals surface area contributed by atoms with Crippen molar-refractivity contribution in [2.75, 3.05) is 0 Å². The Morgan fingerprint density at radius 1 is 0.706 bits per heavy atom. The molecule has 0 spiro atoms. The first-order valence-corrected chi connectivity index (χ1v) is 6.95. The minimum absolute atomic E-state index is 0.429. The van der Waals surface area contributed by atoms with E-state index in [0.29, 0.717) is 17.5 Å². The van der Waals surface area contributed by atoms with Gasteiger partial charge in [-0.2, -0.15) is 0 Å². The highest BCUT2D eigenvalue weighted by Crippen LogP contribution is 2.43. The third kappa shape index (κ3) is 2.22. The molecule has 0 N–H and O–H groups in total. The monoisotopic (exact) mass is 232 g/mol. The first-order chi connectivity index (χ1) is 8.22. The zero-order valence-electron chi connectivity index (χ0n) is 10.3. The van der Waals surface area contributed by atoms with Crippen LogP contribution >= 0.6 is 0 Å². The lowest BCUT2D eigenvalue weighted by Crippen LogP contribution is -2.22. The van der Waals surface area contributed by atoms with Crippen LogP contribution in [-0.2, 0) is 9.59 Å². The lowest BCUT2D eigenvalue weighted by Gasteiger charge is -2.32. The van der Waals surface area contributed by atoms with E-state index in [1.165, 1.54) is 18.4 Å². The number of allylic oxidation sites excluding steroid dienone is 2. The standard InChI is InChI=1S/C15H20O2/c16-14-5-3-11-7-10(1-2-12(11)8-14)13-4-6-15(17)9-13/h10,13H,1-9H2. The van der Waals surface area contributed by atoms with Gasteiger partial charge in [-0.3, -0.25) is 9.59 Å². The Kier molecular flexibility index (Phi) is 2.89. The van der Waals surface area contributed by atoms with Crippen LogP contribution in [0, 0.1) is 11.8 Å². The molecule has 2 heteroatoms. The SMILES string of the molecule is O=C1CCC2=C(CCC(C3CCC(=O)C3)C2)C1. The van der Waals surface area contributed by atoms with Crippen molar-refractivity contribution in [3.63, 3.8) is 0 Å². The van der Waals surface area contributed by atoms with E-state index in [0.717, 1.165) is 50.9 Å². The molecule has 1 saturated carbocycles. The molecular formula is C15H20O2. The lowest BCUT2D eigenvalue weighted by molar-refractivity contribution is -0.119. The predicted octanol–water partition coefficient (Wildman–Crippen LogP) is 3.21. The van der Waals surface area contributed by atoms with E-state index in [4.69, 9.17) is 0 Å². The largest absolute Gasteiger partial charge is 0.300 e. The minimum Gasteiger partial charge on any atom is -0.300 e. The molecule has 0 aromatic rings. The smallest absolute Gasteiger partial charge is 0.137 e. The van der Waals surface area contributed by atoms with Crippen molar-refractivity contribution in [2.45, 2.75) is 57.8 Å². The normalized spacial score (nSPS) is 34.1. The quantitative estimate of drug-likeness (QED) is 0.650. The molecule has 0 radical (unpaired) electrons. The summed E-state index contributed by atoms with van der Waals surface area (Å²) in [4.78, 5) is 22.8. The van der Waals surface area contributed by atoms with Crippen molar-refractivity contribution in [2.24, 2.45) is 11.8 Å². The Labute approximate surface area is 102 Å². The fraction of sp³-hybridized carbons (Fsp3) is 0.733. The van der Waals surface area contributed by atoms with Gasteiger partial charge in [0.1, 0.15) is 11.6 Å². The fourth-order valence-corrected chi connectivity index (χ4v) is 3.86. The second-order valence-corrected chi connectivity index (χ2v) is 5.97. The van der Waals surface area contributed by atoms with Crippen LogP contribution in [0.5, 0.6) is 0 Å². The van der Waals surface area contributed by atoms with E-state index in [2.05, 4.69) is 0 Å². The van der Waals surface area contributed by atoms with Crippen molar-refractivity contribution in [1.29, 1.82) is 0 Å². The first-order valence-electron chi connectivity index (χ1n) is 6.95. The van der Waals surface area contributed by atoms with E-state index in [1.807, 2.05) is 0 Å². The van der Waals surface area contributed by atoms with Crippen LogP contribution in [-0.4, -0.2) is 11.6 Å². The van der Waals surface area contributed by atoms with Gasteiger partial charge in [-0.1, -0.05) is 11.1 Å². The highest BCUT2D eigenvalue weighted by atomic mass is 16.1. The van der Waals surface area contributed by atoms with Gasteiger partial charge in [-0.25, -0.2) is 0 Å². The summed E-state index contributed by atoms with van der Waals surface area (Å²) in [6.45, 7) is 0. The van der Waals surface area contributed by atoms with Crippen LogP contribution in [0.1, 0.15) is 57.8 Å². The van der Waals surface area contributed by atoms with E-state index >= 15 is 0 Å². The van der Waals surface area contributed by atoms with Crippen molar-refractivity contribution in [1.82, 2.24) is 0 Å². The van der Waals surface area contributed by atoms with Crippen LogP contribution in [0.4, 0.5) is 0 Å². The van der Waals surface area contributed by atoms with Crippen LogP contribution in [0.2, 0.25) is 0 Å². The molecule has 0 amide bonds. The molecule has 0 bridgehead atoms. The summed E-state index contributed by atoms with van der Waals surface area (Å²) in [5.41, 5.74) is 3.02. The van der Waals surface area contributed by atoms with Crippen molar-refractivity contribution in [3.05, 3.63) is 11.1 Å². The topological polar surface area (TPSA) is 34.1 Å².